The van der Waals surface area contributed by atoms with Gasteiger partial charge in [0.05, 0.1) is 18.9 Å². The van der Waals surface area contributed by atoms with Gasteiger partial charge in [0.15, 0.2) is 0 Å². The molecular weight excluding hydrogens is 274 g/mol. The molecule has 0 atom stereocenters. The van der Waals surface area contributed by atoms with Gasteiger partial charge in [-0.2, -0.15) is 0 Å². The standard InChI is InChI=1S/C19H17NO2/c21-18-9-15-7-4-8-16-11-20(12-17(10-18)19(15)16)22-13-14-5-2-1-3-6-14/h1-8,10-11,21H,9,12-13H2. The molecule has 1 heterocycles. The quantitative estimate of drug-likeness (QED) is 0.939. The Balaban J connectivity index is 1.64. The molecule has 0 aromatic heterocycles. The summed E-state index contributed by atoms with van der Waals surface area (Å²) in [5, 5.41) is 14.2. The number of allylic oxidation sites excluding steroid dienone is 1. The minimum atomic E-state index is 0.421. The maximum atomic E-state index is 9.94. The van der Waals surface area contributed by atoms with Gasteiger partial charge in [-0.3, -0.25) is 9.90 Å². The lowest BCUT2D eigenvalue weighted by molar-refractivity contribution is -0.107. The van der Waals surface area contributed by atoms with E-state index < -0.39 is 0 Å². The normalized spacial score (nSPS) is 15.9. The highest BCUT2D eigenvalue weighted by Crippen LogP contribution is 2.16. The van der Waals surface area contributed by atoms with E-state index >= 15 is 0 Å². The Morgan fingerprint density at radius 1 is 1.05 bits per heavy atom. The number of nitrogens with zero attached hydrogens (tertiary/aromatic N) is 1. The molecule has 0 spiro atoms. The number of rotatable bonds is 3. The highest BCUT2D eigenvalue weighted by atomic mass is 16.7. The van der Waals surface area contributed by atoms with Crippen LogP contribution in [0.2, 0.25) is 0 Å². The molecule has 3 nitrogen and oxygen atoms in total. The van der Waals surface area contributed by atoms with Gasteiger partial charge in [0, 0.05) is 17.8 Å². The maximum Gasteiger partial charge on any atom is 0.0999 e. The van der Waals surface area contributed by atoms with E-state index in [2.05, 4.69) is 24.3 Å². The zero-order chi connectivity index (χ0) is 14.9. The first-order valence-electron chi connectivity index (χ1n) is 7.45. The van der Waals surface area contributed by atoms with Crippen LogP contribution in [0.3, 0.4) is 0 Å². The Kier molecular flexibility index (Phi) is 3.20. The first-order valence-corrected chi connectivity index (χ1v) is 7.45. The van der Waals surface area contributed by atoms with Crippen LogP contribution >= 0.6 is 0 Å². The summed E-state index contributed by atoms with van der Waals surface area (Å²) >= 11 is 0. The lowest BCUT2D eigenvalue weighted by Crippen LogP contribution is -2.41. The number of aliphatic hydroxyl groups excluding tert-OH is 1. The first kappa shape index (κ1) is 13.2. The van der Waals surface area contributed by atoms with Crippen LogP contribution in [-0.2, 0) is 17.9 Å². The van der Waals surface area contributed by atoms with Gasteiger partial charge in [0.25, 0.3) is 0 Å². The van der Waals surface area contributed by atoms with Crippen molar-refractivity contribution in [2.45, 2.75) is 13.0 Å². The molecule has 0 saturated heterocycles. The summed E-state index contributed by atoms with van der Waals surface area (Å²) in [5.41, 5.74) is 3.44. The van der Waals surface area contributed by atoms with Crippen molar-refractivity contribution in [3.8, 4) is 0 Å². The van der Waals surface area contributed by atoms with Gasteiger partial charge >= 0.3 is 0 Å². The lowest BCUT2D eigenvalue weighted by atomic mass is 9.95. The average Bonchev–Trinajstić information content (AvgIpc) is 2.53. The summed E-state index contributed by atoms with van der Waals surface area (Å²) in [5.74, 6) is 0.421. The zero-order valence-electron chi connectivity index (χ0n) is 12.2. The second kappa shape index (κ2) is 5.35. The third kappa shape index (κ3) is 2.40. The molecule has 0 unspecified atom stereocenters. The summed E-state index contributed by atoms with van der Waals surface area (Å²) in [4.78, 5) is 5.90. The van der Waals surface area contributed by atoms with Crippen LogP contribution < -0.4 is 10.4 Å². The Hall–Kier alpha value is -2.52. The molecule has 0 saturated carbocycles. The molecule has 0 amide bonds. The number of aliphatic hydroxyl groups is 1. The van der Waals surface area contributed by atoms with E-state index in [1.165, 1.54) is 10.8 Å². The van der Waals surface area contributed by atoms with Crippen molar-refractivity contribution in [1.29, 1.82) is 0 Å². The van der Waals surface area contributed by atoms with Crippen LogP contribution in [0.5, 0.6) is 0 Å². The Morgan fingerprint density at radius 2 is 1.91 bits per heavy atom. The van der Waals surface area contributed by atoms with Gasteiger partial charge in [-0.25, -0.2) is 0 Å². The Labute approximate surface area is 129 Å². The van der Waals surface area contributed by atoms with Crippen LogP contribution in [0.4, 0.5) is 0 Å². The number of benzene rings is 2. The molecule has 2 aliphatic rings. The molecule has 0 fully saturated rings. The van der Waals surface area contributed by atoms with Gasteiger partial charge in [-0.05, 0) is 28.0 Å². The molecule has 1 N–H and O–H groups in total. The van der Waals surface area contributed by atoms with E-state index in [0.717, 1.165) is 16.4 Å². The predicted octanol–water partition coefficient (Wildman–Crippen LogP) is 2.02. The molecule has 22 heavy (non-hydrogen) atoms. The summed E-state index contributed by atoms with van der Waals surface area (Å²) in [6.07, 6.45) is 4.53. The van der Waals surface area contributed by atoms with Crippen LogP contribution in [-0.4, -0.2) is 16.7 Å². The molecule has 110 valence electrons. The molecule has 2 aromatic rings. The van der Waals surface area contributed by atoms with Gasteiger partial charge in [0.2, 0.25) is 0 Å². The van der Waals surface area contributed by atoms with E-state index in [0.29, 0.717) is 25.3 Å². The van der Waals surface area contributed by atoms with Gasteiger partial charge < -0.3 is 5.11 Å². The fraction of sp³-hybridized carbons (Fsp3) is 0.158. The van der Waals surface area contributed by atoms with Crippen molar-refractivity contribution in [3.05, 3.63) is 81.9 Å². The second-order valence-corrected chi connectivity index (χ2v) is 5.68. The molecule has 1 aliphatic carbocycles. The van der Waals surface area contributed by atoms with Crippen molar-refractivity contribution in [2.24, 2.45) is 0 Å². The van der Waals surface area contributed by atoms with Crippen LogP contribution in [0, 0.1) is 0 Å². The Bertz CT molecular complexity index is 853. The maximum absolute atomic E-state index is 9.94. The van der Waals surface area contributed by atoms with Crippen LogP contribution in [0.15, 0.2) is 60.4 Å². The highest BCUT2D eigenvalue weighted by Gasteiger charge is 2.17. The Morgan fingerprint density at radius 3 is 2.77 bits per heavy atom. The largest absolute Gasteiger partial charge is 0.512 e. The fourth-order valence-corrected chi connectivity index (χ4v) is 3.09. The van der Waals surface area contributed by atoms with Gasteiger partial charge in [-0.15, -0.1) is 0 Å². The number of hydroxylamine groups is 2. The lowest BCUT2D eigenvalue weighted by Gasteiger charge is -2.26. The first-order chi connectivity index (χ1) is 10.8. The SMILES string of the molecule is OC1=CC2=c3c(cccc3=CN(OCc3ccccc3)C2)C1. The van der Waals surface area contributed by atoms with E-state index in [9.17, 15) is 5.11 Å². The summed E-state index contributed by atoms with van der Waals surface area (Å²) in [6, 6.07) is 16.3. The van der Waals surface area contributed by atoms with Crippen molar-refractivity contribution in [3.63, 3.8) is 0 Å². The molecule has 0 bridgehead atoms. The van der Waals surface area contributed by atoms with Crippen molar-refractivity contribution >= 4 is 11.8 Å². The molecule has 4 rings (SSSR count). The van der Waals surface area contributed by atoms with Crippen molar-refractivity contribution in [1.82, 2.24) is 5.06 Å². The second-order valence-electron chi connectivity index (χ2n) is 5.68. The number of hydrogen-bond donors (Lipinski definition) is 1. The third-order valence-electron chi connectivity index (χ3n) is 4.07. The van der Waals surface area contributed by atoms with E-state index in [-0.39, 0.29) is 0 Å². The zero-order valence-corrected chi connectivity index (χ0v) is 12.2. The average molecular weight is 291 g/mol. The summed E-state index contributed by atoms with van der Waals surface area (Å²) in [7, 11) is 0. The van der Waals surface area contributed by atoms with E-state index in [1.807, 2.05) is 41.6 Å². The highest BCUT2D eigenvalue weighted by molar-refractivity contribution is 5.65. The van der Waals surface area contributed by atoms with E-state index in [4.69, 9.17) is 4.84 Å². The monoisotopic (exact) mass is 291 g/mol. The van der Waals surface area contributed by atoms with Gasteiger partial charge in [0.1, 0.15) is 0 Å². The van der Waals surface area contributed by atoms with Crippen molar-refractivity contribution in [2.75, 3.05) is 6.54 Å². The van der Waals surface area contributed by atoms with E-state index in [1.54, 1.807) is 0 Å². The van der Waals surface area contributed by atoms with Crippen LogP contribution in [0.25, 0.3) is 11.8 Å². The van der Waals surface area contributed by atoms with Crippen molar-refractivity contribution < 1.29 is 9.94 Å². The minimum Gasteiger partial charge on any atom is -0.512 e. The topological polar surface area (TPSA) is 32.7 Å². The molecule has 2 aromatic carbocycles. The molecule has 0 radical (unpaired) electrons. The fourth-order valence-electron chi connectivity index (χ4n) is 3.09. The molecular formula is C19H17NO2. The third-order valence-corrected chi connectivity index (χ3v) is 4.07. The van der Waals surface area contributed by atoms with Gasteiger partial charge in [-0.1, -0.05) is 48.5 Å². The molecule has 1 aliphatic heterocycles. The minimum absolute atomic E-state index is 0.421. The smallest absolute Gasteiger partial charge is 0.0999 e. The summed E-state index contributed by atoms with van der Waals surface area (Å²) in [6.45, 7) is 1.19. The van der Waals surface area contributed by atoms with Crippen LogP contribution in [0.1, 0.15) is 11.1 Å². The number of hydrogen-bond acceptors (Lipinski definition) is 3. The molecule has 3 heteroatoms. The predicted molar refractivity (Wildman–Crippen MR) is 85.9 cm³/mol. The summed E-state index contributed by atoms with van der Waals surface area (Å²) < 4.78 is 0.